The maximum atomic E-state index is 12.2. The van der Waals surface area contributed by atoms with Gasteiger partial charge in [0.25, 0.3) is 0 Å². The SMILES string of the molecule is COC(=O)CC1CCCCN1S(=O)(=O)C1CC1. The summed E-state index contributed by atoms with van der Waals surface area (Å²) in [4.78, 5) is 11.3. The highest BCUT2D eigenvalue weighted by molar-refractivity contribution is 7.90. The lowest BCUT2D eigenvalue weighted by atomic mass is 10.0. The van der Waals surface area contributed by atoms with Gasteiger partial charge in [-0.1, -0.05) is 6.42 Å². The Labute approximate surface area is 102 Å². The second kappa shape index (κ2) is 4.94. The lowest BCUT2D eigenvalue weighted by Gasteiger charge is -2.34. The second-order valence-corrected chi connectivity index (χ2v) is 6.95. The second-order valence-electron chi connectivity index (χ2n) is 4.78. The summed E-state index contributed by atoms with van der Waals surface area (Å²) >= 11 is 0. The van der Waals surface area contributed by atoms with Crippen LogP contribution in [0.3, 0.4) is 0 Å². The first-order valence-corrected chi connectivity index (χ1v) is 7.63. The molecule has 6 heteroatoms. The van der Waals surface area contributed by atoms with E-state index in [2.05, 4.69) is 4.74 Å². The van der Waals surface area contributed by atoms with Crippen LogP contribution >= 0.6 is 0 Å². The Kier molecular flexibility index (Phi) is 3.73. The first-order chi connectivity index (χ1) is 8.05. The molecule has 1 atom stereocenters. The van der Waals surface area contributed by atoms with Gasteiger partial charge in [0.15, 0.2) is 0 Å². The summed E-state index contributed by atoms with van der Waals surface area (Å²) in [5.74, 6) is -0.326. The molecule has 2 aliphatic rings. The van der Waals surface area contributed by atoms with Crippen molar-refractivity contribution in [2.24, 2.45) is 0 Å². The van der Waals surface area contributed by atoms with Crippen molar-refractivity contribution >= 4 is 16.0 Å². The van der Waals surface area contributed by atoms with E-state index in [1.165, 1.54) is 7.11 Å². The Bertz CT molecular complexity index is 388. The highest BCUT2D eigenvalue weighted by atomic mass is 32.2. The first-order valence-electron chi connectivity index (χ1n) is 6.13. The molecule has 1 aliphatic heterocycles. The van der Waals surface area contributed by atoms with Crippen LogP contribution in [0, 0.1) is 0 Å². The number of piperidine rings is 1. The molecule has 0 aromatic rings. The number of nitrogens with zero attached hydrogens (tertiary/aromatic N) is 1. The van der Waals surface area contributed by atoms with E-state index in [0.717, 1.165) is 32.1 Å². The quantitative estimate of drug-likeness (QED) is 0.705. The number of carbonyl (C=O) groups is 1. The number of methoxy groups -OCH3 is 1. The van der Waals surface area contributed by atoms with Crippen LogP contribution in [-0.2, 0) is 19.6 Å². The van der Waals surface area contributed by atoms with Crippen LogP contribution in [-0.4, -0.2) is 43.6 Å². The van der Waals surface area contributed by atoms with Gasteiger partial charge in [0.2, 0.25) is 10.0 Å². The van der Waals surface area contributed by atoms with Gasteiger partial charge >= 0.3 is 5.97 Å². The lowest BCUT2D eigenvalue weighted by Crippen LogP contribution is -2.46. The van der Waals surface area contributed by atoms with Crippen molar-refractivity contribution in [1.82, 2.24) is 4.31 Å². The van der Waals surface area contributed by atoms with Crippen LogP contribution in [0.2, 0.25) is 0 Å². The van der Waals surface area contributed by atoms with Crippen molar-refractivity contribution in [2.45, 2.75) is 49.8 Å². The first kappa shape index (κ1) is 12.8. The molecular formula is C11H19NO4S. The topological polar surface area (TPSA) is 63.7 Å². The summed E-state index contributed by atoms with van der Waals surface area (Å²) in [7, 11) is -1.83. The molecule has 0 spiro atoms. The predicted octanol–water partition coefficient (Wildman–Crippen LogP) is 0.896. The molecule has 0 bridgehead atoms. The van der Waals surface area contributed by atoms with Crippen molar-refractivity contribution in [2.75, 3.05) is 13.7 Å². The third-order valence-corrected chi connectivity index (χ3v) is 5.92. The summed E-state index contributed by atoms with van der Waals surface area (Å²) in [5, 5.41) is -0.194. The molecule has 0 aromatic heterocycles. The van der Waals surface area contributed by atoms with Crippen LogP contribution in [0.25, 0.3) is 0 Å². The molecule has 17 heavy (non-hydrogen) atoms. The molecule has 98 valence electrons. The van der Waals surface area contributed by atoms with Crippen molar-refractivity contribution in [3.8, 4) is 0 Å². The number of ether oxygens (including phenoxy) is 1. The lowest BCUT2D eigenvalue weighted by molar-refractivity contribution is -0.141. The average molecular weight is 261 g/mol. The molecule has 2 fully saturated rings. The fourth-order valence-corrected chi connectivity index (χ4v) is 4.44. The number of carbonyl (C=O) groups excluding carboxylic acids is 1. The molecule has 0 aromatic carbocycles. The summed E-state index contributed by atoms with van der Waals surface area (Å²) in [6, 6.07) is -0.193. The number of hydrogen-bond acceptors (Lipinski definition) is 4. The summed E-state index contributed by atoms with van der Waals surface area (Å²) < 4.78 is 30.6. The number of sulfonamides is 1. The molecule has 1 aliphatic carbocycles. The molecule has 1 heterocycles. The monoisotopic (exact) mass is 261 g/mol. The van der Waals surface area contributed by atoms with Gasteiger partial charge in [-0.15, -0.1) is 0 Å². The fourth-order valence-electron chi connectivity index (χ4n) is 2.35. The van der Waals surface area contributed by atoms with Gasteiger partial charge in [0, 0.05) is 12.6 Å². The van der Waals surface area contributed by atoms with E-state index in [-0.39, 0.29) is 23.7 Å². The summed E-state index contributed by atoms with van der Waals surface area (Å²) in [5.41, 5.74) is 0. The van der Waals surface area contributed by atoms with Gasteiger partial charge in [-0.05, 0) is 25.7 Å². The van der Waals surface area contributed by atoms with Crippen LogP contribution in [0.15, 0.2) is 0 Å². The van der Waals surface area contributed by atoms with E-state index in [1.807, 2.05) is 0 Å². The van der Waals surface area contributed by atoms with Crippen LogP contribution in [0.4, 0.5) is 0 Å². The smallest absolute Gasteiger partial charge is 0.307 e. The molecule has 5 nitrogen and oxygen atoms in total. The van der Waals surface area contributed by atoms with Crippen molar-refractivity contribution in [1.29, 1.82) is 0 Å². The Morgan fingerprint density at radius 1 is 1.29 bits per heavy atom. The highest BCUT2D eigenvalue weighted by Crippen LogP contribution is 2.34. The van der Waals surface area contributed by atoms with Crippen LogP contribution in [0.1, 0.15) is 38.5 Å². The maximum Gasteiger partial charge on any atom is 0.307 e. The minimum Gasteiger partial charge on any atom is -0.469 e. The maximum absolute atomic E-state index is 12.2. The van der Waals surface area contributed by atoms with Crippen LogP contribution in [0.5, 0.6) is 0 Å². The van der Waals surface area contributed by atoms with E-state index in [9.17, 15) is 13.2 Å². The molecule has 1 saturated heterocycles. The third kappa shape index (κ3) is 2.80. The number of esters is 1. The minimum atomic E-state index is -3.17. The molecule has 0 amide bonds. The largest absolute Gasteiger partial charge is 0.469 e. The van der Waals surface area contributed by atoms with E-state index in [0.29, 0.717) is 6.54 Å². The number of rotatable bonds is 4. The summed E-state index contributed by atoms with van der Waals surface area (Å²) in [6.45, 7) is 0.556. The Morgan fingerprint density at radius 3 is 2.59 bits per heavy atom. The van der Waals surface area contributed by atoms with Gasteiger partial charge in [-0.25, -0.2) is 8.42 Å². The van der Waals surface area contributed by atoms with Crippen molar-refractivity contribution < 1.29 is 17.9 Å². The van der Waals surface area contributed by atoms with Gasteiger partial charge in [0.1, 0.15) is 0 Å². The van der Waals surface area contributed by atoms with Crippen LogP contribution < -0.4 is 0 Å². The van der Waals surface area contributed by atoms with E-state index in [1.54, 1.807) is 4.31 Å². The Morgan fingerprint density at radius 2 is 2.00 bits per heavy atom. The van der Waals surface area contributed by atoms with E-state index < -0.39 is 10.0 Å². The molecule has 1 saturated carbocycles. The zero-order valence-electron chi connectivity index (χ0n) is 10.1. The Hall–Kier alpha value is -0.620. The predicted molar refractivity (Wildman–Crippen MR) is 62.9 cm³/mol. The van der Waals surface area contributed by atoms with E-state index in [4.69, 9.17) is 0 Å². The highest BCUT2D eigenvalue weighted by Gasteiger charge is 2.43. The number of hydrogen-bond donors (Lipinski definition) is 0. The van der Waals surface area contributed by atoms with Gasteiger partial charge in [-0.3, -0.25) is 4.79 Å². The fraction of sp³-hybridized carbons (Fsp3) is 0.909. The molecular weight excluding hydrogens is 242 g/mol. The molecule has 0 radical (unpaired) electrons. The molecule has 0 N–H and O–H groups in total. The summed E-state index contributed by atoms with van der Waals surface area (Å²) in [6.07, 6.45) is 4.36. The van der Waals surface area contributed by atoms with Gasteiger partial charge in [-0.2, -0.15) is 4.31 Å². The third-order valence-electron chi connectivity index (χ3n) is 3.48. The van der Waals surface area contributed by atoms with Crippen molar-refractivity contribution in [3.63, 3.8) is 0 Å². The van der Waals surface area contributed by atoms with Crippen molar-refractivity contribution in [3.05, 3.63) is 0 Å². The molecule has 1 unspecified atom stereocenters. The zero-order chi connectivity index (χ0) is 12.5. The normalized spacial score (nSPS) is 26.8. The molecule has 2 rings (SSSR count). The Balaban J connectivity index is 2.09. The minimum absolute atomic E-state index is 0.183. The van der Waals surface area contributed by atoms with Gasteiger partial charge < -0.3 is 4.74 Å². The van der Waals surface area contributed by atoms with Gasteiger partial charge in [0.05, 0.1) is 18.8 Å². The average Bonchev–Trinajstić information content (AvgIpc) is 3.13. The zero-order valence-corrected chi connectivity index (χ0v) is 10.9. The van der Waals surface area contributed by atoms with E-state index >= 15 is 0 Å². The standard InChI is InChI=1S/C11H19NO4S/c1-16-11(13)8-9-4-2-3-7-12(9)17(14,15)10-5-6-10/h9-10H,2-8H2,1H3.